The number of amides is 1. The van der Waals surface area contributed by atoms with E-state index in [9.17, 15) is 4.79 Å². The number of nitrogens with zero attached hydrogens (tertiary/aromatic N) is 1. The highest BCUT2D eigenvalue weighted by Crippen LogP contribution is 2.35. The van der Waals surface area contributed by atoms with Crippen molar-refractivity contribution in [1.82, 2.24) is 10.3 Å². The summed E-state index contributed by atoms with van der Waals surface area (Å²) in [7, 11) is 0. The Morgan fingerprint density at radius 1 is 1.07 bits per heavy atom. The third-order valence-corrected chi connectivity index (χ3v) is 4.88. The Bertz CT molecular complexity index is 963. The summed E-state index contributed by atoms with van der Waals surface area (Å²) in [6.07, 6.45) is 3.03. The average Bonchev–Trinajstić information content (AvgIpc) is 3.27. The van der Waals surface area contributed by atoms with Crippen molar-refractivity contribution in [3.8, 4) is 22.8 Å². The van der Waals surface area contributed by atoms with Gasteiger partial charge in [0.2, 0.25) is 0 Å². The van der Waals surface area contributed by atoms with Gasteiger partial charge in [-0.3, -0.25) is 4.79 Å². The van der Waals surface area contributed by atoms with E-state index in [0.717, 1.165) is 22.6 Å². The van der Waals surface area contributed by atoms with Crippen molar-refractivity contribution in [2.24, 2.45) is 0 Å². The van der Waals surface area contributed by atoms with Crippen molar-refractivity contribution < 1.29 is 18.7 Å². The van der Waals surface area contributed by atoms with E-state index in [1.54, 1.807) is 18.3 Å². The van der Waals surface area contributed by atoms with Gasteiger partial charge >= 0.3 is 0 Å². The molecule has 6 heteroatoms. The van der Waals surface area contributed by atoms with Crippen LogP contribution in [0, 0.1) is 0 Å². The quantitative estimate of drug-likeness (QED) is 0.731. The molecule has 144 valence electrons. The SMILES string of the molecule is CC(C)(CNC(=O)c1ccc(-c2cnco2)cc1)c1ccc2c(c1)OCCO2. The van der Waals surface area contributed by atoms with E-state index in [0.29, 0.717) is 31.1 Å². The maximum absolute atomic E-state index is 12.6. The normalized spacial score (nSPS) is 13.2. The minimum atomic E-state index is -0.259. The lowest BCUT2D eigenvalue weighted by Gasteiger charge is -2.28. The zero-order chi connectivity index (χ0) is 19.6. The van der Waals surface area contributed by atoms with Crippen LogP contribution >= 0.6 is 0 Å². The van der Waals surface area contributed by atoms with Crippen LogP contribution in [0.4, 0.5) is 0 Å². The molecular formula is C22H22N2O4. The molecule has 1 aliphatic heterocycles. The van der Waals surface area contributed by atoms with Crippen molar-refractivity contribution in [2.45, 2.75) is 19.3 Å². The number of ether oxygens (including phenoxy) is 2. The number of aromatic nitrogens is 1. The molecule has 1 aliphatic rings. The summed E-state index contributed by atoms with van der Waals surface area (Å²) >= 11 is 0. The molecule has 1 aromatic heterocycles. The van der Waals surface area contributed by atoms with Crippen LogP contribution in [0.5, 0.6) is 11.5 Å². The molecule has 0 spiro atoms. The lowest BCUT2D eigenvalue weighted by Crippen LogP contribution is -2.36. The summed E-state index contributed by atoms with van der Waals surface area (Å²) in [5.41, 5.74) is 2.30. The summed E-state index contributed by atoms with van der Waals surface area (Å²) in [5, 5.41) is 3.03. The van der Waals surface area contributed by atoms with Crippen LogP contribution in [0.2, 0.25) is 0 Å². The largest absolute Gasteiger partial charge is 0.486 e. The first-order valence-corrected chi connectivity index (χ1v) is 9.20. The number of carbonyl (C=O) groups excluding carboxylic acids is 1. The first-order valence-electron chi connectivity index (χ1n) is 9.20. The first-order chi connectivity index (χ1) is 13.5. The smallest absolute Gasteiger partial charge is 0.251 e. The number of rotatable bonds is 5. The van der Waals surface area contributed by atoms with Gasteiger partial charge in [0.1, 0.15) is 13.2 Å². The Labute approximate surface area is 163 Å². The van der Waals surface area contributed by atoms with Gasteiger partial charge in [-0.25, -0.2) is 4.98 Å². The Morgan fingerprint density at radius 2 is 1.82 bits per heavy atom. The maximum Gasteiger partial charge on any atom is 0.251 e. The summed E-state index contributed by atoms with van der Waals surface area (Å²) in [5.74, 6) is 2.08. The predicted molar refractivity (Wildman–Crippen MR) is 105 cm³/mol. The van der Waals surface area contributed by atoms with Gasteiger partial charge in [-0.05, 0) is 29.8 Å². The van der Waals surface area contributed by atoms with Crippen LogP contribution in [-0.2, 0) is 5.41 Å². The summed E-state index contributed by atoms with van der Waals surface area (Å²) < 4.78 is 16.5. The van der Waals surface area contributed by atoms with Gasteiger partial charge in [0.15, 0.2) is 23.7 Å². The molecule has 1 N–H and O–H groups in total. The Balaban J connectivity index is 1.42. The molecule has 0 aliphatic carbocycles. The fourth-order valence-corrected chi connectivity index (χ4v) is 3.11. The lowest BCUT2D eigenvalue weighted by atomic mass is 9.84. The highest BCUT2D eigenvalue weighted by atomic mass is 16.6. The van der Waals surface area contributed by atoms with Crippen LogP contribution < -0.4 is 14.8 Å². The van der Waals surface area contributed by atoms with E-state index < -0.39 is 0 Å². The van der Waals surface area contributed by atoms with Crippen LogP contribution in [0.15, 0.2) is 59.5 Å². The van der Waals surface area contributed by atoms with Crippen molar-refractivity contribution >= 4 is 5.91 Å². The fraction of sp³-hybridized carbons (Fsp3) is 0.273. The van der Waals surface area contributed by atoms with E-state index >= 15 is 0 Å². The van der Waals surface area contributed by atoms with Gasteiger partial charge in [0.25, 0.3) is 5.91 Å². The van der Waals surface area contributed by atoms with Gasteiger partial charge in [-0.2, -0.15) is 0 Å². The molecule has 0 fully saturated rings. The minimum absolute atomic E-state index is 0.116. The molecule has 0 saturated heterocycles. The van der Waals surface area contributed by atoms with Crippen LogP contribution in [0.3, 0.4) is 0 Å². The molecule has 0 bridgehead atoms. The Hall–Kier alpha value is -3.28. The monoisotopic (exact) mass is 378 g/mol. The van der Waals surface area contributed by atoms with Crippen LogP contribution in [0.1, 0.15) is 29.8 Å². The third kappa shape index (κ3) is 3.71. The first kappa shape index (κ1) is 18.1. The van der Waals surface area contributed by atoms with Gasteiger partial charge in [0, 0.05) is 23.1 Å². The van der Waals surface area contributed by atoms with Crippen molar-refractivity contribution in [3.05, 3.63) is 66.2 Å². The summed E-state index contributed by atoms with van der Waals surface area (Å²) in [6.45, 7) is 5.80. The average molecular weight is 378 g/mol. The van der Waals surface area contributed by atoms with Gasteiger partial charge in [-0.1, -0.05) is 32.0 Å². The van der Waals surface area contributed by atoms with Gasteiger partial charge < -0.3 is 19.2 Å². The number of nitrogens with one attached hydrogen (secondary N) is 1. The van der Waals surface area contributed by atoms with E-state index in [2.05, 4.69) is 24.1 Å². The number of hydrogen-bond acceptors (Lipinski definition) is 5. The predicted octanol–water partition coefficient (Wildman–Crippen LogP) is 3.82. The Kier molecular flexibility index (Phi) is 4.77. The molecule has 0 saturated carbocycles. The van der Waals surface area contributed by atoms with Crippen molar-refractivity contribution in [1.29, 1.82) is 0 Å². The number of benzene rings is 2. The molecule has 6 nitrogen and oxygen atoms in total. The molecule has 1 amide bonds. The highest BCUT2D eigenvalue weighted by Gasteiger charge is 2.24. The zero-order valence-electron chi connectivity index (χ0n) is 15.9. The molecule has 28 heavy (non-hydrogen) atoms. The minimum Gasteiger partial charge on any atom is -0.486 e. The molecule has 4 rings (SSSR count). The molecular weight excluding hydrogens is 356 g/mol. The van der Waals surface area contributed by atoms with Crippen molar-refractivity contribution in [3.63, 3.8) is 0 Å². The molecule has 0 radical (unpaired) electrons. The lowest BCUT2D eigenvalue weighted by molar-refractivity contribution is 0.0945. The number of oxazole rings is 1. The van der Waals surface area contributed by atoms with Gasteiger partial charge in [0.05, 0.1) is 6.20 Å². The molecule has 0 atom stereocenters. The number of hydrogen-bond donors (Lipinski definition) is 1. The van der Waals surface area contributed by atoms with E-state index in [4.69, 9.17) is 13.9 Å². The zero-order valence-corrected chi connectivity index (χ0v) is 15.9. The second-order valence-electron chi connectivity index (χ2n) is 7.37. The summed E-state index contributed by atoms with van der Waals surface area (Å²) in [4.78, 5) is 16.5. The Morgan fingerprint density at radius 3 is 2.54 bits per heavy atom. The number of carbonyl (C=O) groups is 1. The molecule has 0 unspecified atom stereocenters. The summed E-state index contributed by atoms with van der Waals surface area (Å²) in [6, 6.07) is 13.2. The topological polar surface area (TPSA) is 73.6 Å². The standard InChI is InChI=1S/C22H22N2O4/c1-22(2,17-7-8-18-19(11-17)27-10-9-26-18)13-24-21(25)16-5-3-15(4-6-16)20-12-23-14-28-20/h3-8,11-12,14H,9-10,13H2,1-2H3,(H,24,25). The van der Waals surface area contributed by atoms with Gasteiger partial charge in [-0.15, -0.1) is 0 Å². The molecule has 2 heterocycles. The van der Waals surface area contributed by atoms with E-state index in [1.807, 2.05) is 30.3 Å². The second-order valence-corrected chi connectivity index (χ2v) is 7.37. The maximum atomic E-state index is 12.6. The van der Waals surface area contributed by atoms with Crippen LogP contribution in [0.25, 0.3) is 11.3 Å². The van der Waals surface area contributed by atoms with Crippen molar-refractivity contribution in [2.75, 3.05) is 19.8 Å². The highest BCUT2D eigenvalue weighted by molar-refractivity contribution is 5.94. The third-order valence-electron chi connectivity index (χ3n) is 4.88. The second kappa shape index (κ2) is 7.38. The van der Waals surface area contributed by atoms with E-state index in [1.165, 1.54) is 6.39 Å². The van der Waals surface area contributed by atoms with E-state index in [-0.39, 0.29) is 11.3 Å². The molecule has 3 aromatic rings. The number of fused-ring (bicyclic) bond motifs is 1. The van der Waals surface area contributed by atoms with Crippen LogP contribution in [-0.4, -0.2) is 30.6 Å². The molecule has 2 aromatic carbocycles. The fourth-order valence-electron chi connectivity index (χ4n) is 3.11.